The molecule has 0 saturated carbocycles. The van der Waals surface area contributed by atoms with E-state index in [9.17, 15) is 4.79 Å². The lowest BCUT2D eigenvalue weighted by Crippen LogP contribution is -2.38. The molecule has 8 nitrogen and oxygen atoms in total. The van der Waals surface area contributed by atoms with Crippen LogP contribution in [-0.4, -0.2) is 59.6 Å². The van der Waals surface area contributed by atoms with Gasteiger partial charge in [-0.05, 0) is 24.6 Å². The molecule has 0 aliphatic carbocycles. The normalized spacial score (nSPS) is 16.9. The zero-order valence-corrected chi connectivity index (χ0v) is 18.7. The lowest BCUT2D eigenvalue weighted by atomic mass is 9.99. The third kappa shape index (κ3) is 4.90. The van der Waals surface area contributed by atoms with Gasteiger partial charge in [-0.25, -0.2) is 15.0 Å². The van der Waals surface area contributed by atoms with Crippen molar-refractivity contribution < 1.29 is 9.53 Å². The van der Waals surface area contributed by atoms with Crippen molar-refractivity contribution >= 4 is 23.2 Å². The van der Waals surface area contributed by atoms with Gasteiger partial charge in [0.1, 0.15) is 6.10 Å². The van der Waals surface area contributed by atoms with Crippen LogP contribution in [0.25, 0.3) is 11.1 Å². The van der Waals surface area contributed by atoms with E-state index in [1.54, 1.807) is 29.7 Å². The molecule has 0 unspecified atom stereocenters. The van der Waals surface area contributed by atoms with Crippen LogP contribution in [0.2, 0.25) is 0 Å². The standard InChI is InChI=1S/C22H26N6O2S/c1-14-24-10-17(31-14)12-28-7-8-30-19(13-28)20-18(11-25-22(26-20)27(2)3)15-5-4-6-16(9-15)21(23)29/h4-6,9-11,19H,7-8,12-13H2,1-3H3,(H2,23,29)/t19-/m1/s1. The zero-order valence-electron chi connectivity index (χ0n) is 17.9. The number of nitrogens with zero attached hydrogens (tertiary/aromatic N) is 5. The van der Waals surface area contributed by atoms with Gasteiger partial charge in [0.15, 0.2) is 0 Å². The first-order valence-electron chi connectivity index (χ1n) is 10.1. The van der Waals surface area contributed by atoms with Crippen molar-refractivity contribution in [1.29, 1.82) is 0 Å². The van der Waals surface area contributed by atoms with Crippen LogP contribution in [-0.2, 0) is 11.3 Å². The lowest BCUT2D eigenvalue weighted by molar-refractivity contribution is -0.0344. The summed E-state index contributed by atoms with van der Waals surface area (Å²) in [5.41, 5.74) is 8.43. The molecule has 1 fully saturated rings. The number of anilines is 1. The van der Waals surface area contributed by atoms with Crippen molar-refractivity contribution in [3.05, 3.63) is 57.8 Å². The molecule has 9 heteroatoms. The molecule has 4 rings (SSSR count). The van der Waals surface area contributed by atoms with Gasteiger partial charge in [0.05, 0.1) is 17.3 Å². The minimum Gasteiger partial charge on any atom is -0.369 e. The van der Waals surface area contributed by atoms with E-state index in [1.807, 2.05) is 44.2 Å². The fourth-order valence-electron chi connectivity index (χ4n) is 3.62. The van der Waals surface area contributed by atoms with E-state index < -0.39 is 5.91 Å². The Hall–Kier alpha value is -2.88. The van der Waals surface area contributed by atoms with E-state index in [2.05, 4.69) is 14.9 Å². The minimum atomic E-state index is -0.464. The Kier molecular flexibility index (Phi) is 6.26. The highest BCUT2D eigenvalue weighted by Crippen LogP contribution is 2.32. The molecule has 0 radical (unpaired) electrons. The van der Waals surface area contributed by atoms with Gasteiger partial charge in [-0.2, -0.15) is 0 Å². The van der Waals surface area contributed by atoms with Crippen molar-refractivity contribution in [3.63, 3.8) is 0 Å². The number of primary amides is 1. The highest BCUT2D eigenvalue weighted by atomic mass is 32.1. The van der Waals surface area contributed by atoms with Gasteiger partial charge in [-0.1, -0.05) is 12.1 Å². The van der Waals surface area contributed by atoms with Gasteiger partial charge < -0.3 is 15.4 Å². The number of benzene rings is 1. The van der Waals surface area contributed by atoms with E-state index in [-0.39, 0.29) is 6.10 Å². The zero-order chi connectivity index (χ0) is 22.0. The first-order valence-corrected chi connectivity index (χ1v) is 10.9. The van der Waals surface area contributed by atoms with Crippen molar-refractivity contribution in [2.75, 3.05) is 38.7 Å². The highest BCUT2D eigenvalue weighted by Gasteiger charge is 2.27. The minimum absolute atomic E-state index is 0.211. The Morgan fingerprint density at radius 3 is 2.87 bits per heavy atom. The second kappa shape index (κ2) is 9.09. The van der Waals surface area contributed by atoms with E-state index in [1.165, 1.54) is 4.88 Å². The fraction of sp³-hybridized carbons (Fsp3) is 0.364. The molecule has 31 heavy (non-hydrogen) atoms. The molecule has 2 N–H and O–H groups in total. The number of rotatable bonds is 6. The van der Waals surface area contributed by atoms with E-state index in [0.717, 1.165) is 34.9 Å². The average Bonchev–Trinajstić information content (AvgIpc) is 3.18. The van der Waals surface area contributed by atoms with Crippen molar-refractivity contribution in [1.82, 2.24) is 19.9 Å². The van der Waals surface area contributed by atoms with Crippen LogP contribution in [0.5, 0.6) is 0 Å². The van der Waals surface area contributed by atoms with E-state index in [0.29, 0.717) is 24.7 Å². The number of hydrogen-bond donors (Lipinski definition) is 1. The van der Waals surface area contributed by atoms with Gasteiger partial charge in [-0.15, -0.1) is 11.3 Å². The van der Waals surface area contributed by atoms with Crippen molar-refractivity contribution in [2.45, 2.75) is 19.6 Å². The number of ether oxygens (including phenoxy) is 1. The second-order valence-electron chi connectivity index (χ2n) is 7.75. The molecule has 1 aromatic carbocycles. The Balaban J connectivity index is 1.67. The summed E-state index contributed by atoms with van der Waals surface area (Å²) >= 11 is 1.72. The quantitative estimate of drug-likeness (QED) is 0.632. The van der Waals surface area contributed by atoms with E-state index in [4.69, 9.17) is 15.5 Å². The number of morpholine rings is 1. The maximum Gasteiger partial charge on any atom is 0.248 e. The van der Waals surface area contributed by atoms with Gasteiger partial charge in [0.25, 0.3) is 0 Å². The Labute approximate surface area is 185 Å². The molecule has 1 saturated heterocycles. The average molecular weight is 439 g/mol. The van der Waals surface area contributed by atoms with Gasteiger partial charge in [0, 0.05) is 62.1 Å². The number of carbonyl (C=O) groups excluding carboxylic acids is 1. The molecule has 1 atom stereocenters. The third-order valence-electron chi connectivity index (χ3n) is 5.17. The van der Waals surface area contributed by atoms with Gasteiger partial charge in [-0.3, -0.25) is 9.69 Å². The summed E-state index contributed by atoms with van der Waals surface area (Å²) in [4.78, 5) is 30.8. The van der Waals surface area contributed by atoms with Crippen LogP contribution in [0.15, 0.2) is 36.7 Å². The second-order valence-corrected chi connectivity index (χ2v) is 9.07. The molecule has 3 aromatic rings. The molecule has 1 amide bonds. The van der Waals surface area contributed by atoms with Gasteiger partial charge >= 0.3 is 0 Å². The summed E-state index contributed by atoms with van der Waals surface area (Å²) in [7, 11) is 3.82. The topological polar surface area (TPSA) is 97.5 Å². The molecule has 2 aromatic heterocycles. The first kappa shape index (κ1) is 21.4. The van der Waals surface area contributed by atoms with Gasteiger partial charge in [0.2, 0.25) is 11.9 Å². The SMILES string of the molecule is Cc1ncc(CN2CCO[C@@H](c3nc(N(C)C)ncc3-c3cccc(C(N)=O)c3)C2)s1. The predicted octanol–water partition coefficient (Wildman–Crippen LogP) is 2.65. The maximum absolute atomic E-state index is 11.7. The molecule has 3 heterocycles. The smallest absolute Gasteiger partial charge is 0.248 e. The Morgan fingerprint density at radius 2 is 2.16 bits per heavy atom. The number of nitrogens with two attached hydrogens (primary N) is 1. The summed E-state index contributed by atoms with van der Waals surface area (Å²) in [6, 6.07) is 7.24. The fourth-order valence-corrected chi connectivity index (χ4v) is 4.46. The molecule has 0 spiro atoms. The molecular formula is C22H26N6O2S. The third-order valence-corrected chi connectivity index (χ3v) is 6.07. The molecule has 0 bridgehead atoms. The monoisotopic (exact) mass is 438 g/mol. The van der Waals surface area contributed by atoms with Crippen LogP contribution in [0.1, 0.15) is 32.0 Å². The van der Waals surface area contributed by atoms with E-state index >= 15 is 0 Å². The lowest BCUT2D eigenvalue weighted by Gasteiger charge is -2.33. The largest absolute Gasteiger partial charge is 0.369 e. The number of hydrogen-bond acceptors (Lipinski definition) is 8. The Bertz CT molecular complexity index is 1080. The Morgan fingerprint density at radius 1 is 1.32 bits per heavy atom. The number of amides is 1. The van der Waals surface area contributed by atoms with Crippen LogP contribution in [0, 0.1) is 6.92 Å². The summed E-state index contributed by atoms with van der Waals surface area (Å²) in [5.74, 6) is 0.151. The highest BCUT2D eigenvalue weighted by molar-refractivity contribution is 7.11. The van der Waals surface area contributed by atoms with Crippen LogP contribution < -0.4 is 10.6 Å². The van der Waals surface area contributed by atoms with Crippen LogP contribution in [0.3, 0.4) is 0 Å². The number of carbonyl (C=O) groups is 1. The first-order chi connectivity index (χ1) is 14.9. The summed E-state index contributed by atoms with van der Waals surface area (Å²) in [6.07, 6.45) is 3.53. The predicted molar refractivity (Wildman–Crippen MR) is 121 cm³/mol. The van der Waals surface area contributed by atoms with Crippen LogP contribution >= 0.6 is 11.3 Å². The summed E-state index contributed by atoms with van der Waals surface area (Å²) in [5, 5.41) is 1.07. The molecule has 1 aliphatic rings. The summed E-state index contributed by atoms with van der Waals surface area (Å²) in [6.45, 7) is 5.04. The number of aromatic nitrogens is 3. The maximum atomic E-state index is 11.7. The molecule has 1 aliphatic heterocycles. The van der Waals surface area contributed by atoms with Crippen LogP contribution in [0.4, 0.5) is 5.95 Å². The number of aryl methyl sites for hydroxylation is 1. The summed E-state index contributed by atoms with van der Waals surface area (Å²) < 4.78 is 6.16. The van der Waals surface area contributed by atoms with Crippen molar-refractivity contribution in [3.8, 4) is 11.1 Å². The number of thiazole rings is 1. The van der Waals surface area contributed by atoms with Crippen molar-refractivity contribution in [2.24, 2.45) is 5.73 Å². The molecular weight excluding hydrogens is 412 g/mol. The molecule has 162 valence electrons.